The first-order chi connectivity index (χ1) is 21.6. The van der Waals surface area contributed by atoms with Gasteiger partial charge in [0.25, 0.3) is 0 Å². The molecular formula is C41H33N3. The number of nitrogens with one attached hydrogen (secondary N) is 1. The molecule has 1 aromatic heterocycles. The van der Waals surface area contributed by atoms with Gasteiger partial charge >= 0.3 is 0 Å². The average molecular weight is 568 g/mol. The minimum absolute atomic E-state index is 0.101. The molecule has 7 aromatic rings. The molecule has 8 rings (SSSR count). The number of para-hydroxylation sites is 4. The van der Waals surface area contributed by atoms with E-state index < -0.39 is 0 Å². The van der Waals surface area contributed by atoms with Crippen LogP contribution in [0.1, 0.15) is 25.0 Å². The van der Waals surface area contributed by atoms with Crippen molar-refractivity contribution in [2.45, 2.75) is 19.3 Å². The number of fused-ring (bicyclic) bond motifs is 4. The lowest BCUT2D eigenvalue weighted by atomic mass is 9.87. The van der Waals surface area contributed by atoms with Crippen LogP contribution in [0.5, 0.6) is 0 Å². The summed E-state index contributed by atoms with van der Waals surface area (Å²) in [5.41, 5.74) is 11.5. The van der Waals surface area contributed by atoms with Crippen molar-refractivity contribution in [3.05, 3.63) is 169 Å². The monoisotopic (exact) mass is 567 g/mol. The van der Waals surface area contributed by atoms with Crippen LogP contribution in [0.4, 0.5) is 22.7 Å². The third-order valence-electron chi connectivity index (χ3n) is 8.72. The number of hydrogen-bond acceptors (Lipinski definition) is 2. The van der Waals surface area contributed by atoms with Crippen LogP contribution in [0, 0.1) is 0 Å². The lowest BCUT2D eigenvalue weighted by molar-refractivity contribution is 0.683. The lowest BCUT2D eigenvalue weighted by Gasteiger charge is -2.29. The number of nitrogens with zero attached hydrogens (tertiary/aromatic N) is 2. The van der Waals surface area contributed by atoms with Crippen molar-refractivity contribution in [2.24, 2.45) is 0 Å². The van der Waals surface area contributed by atoms with Gasteiger partial charge in [-0.2, -0.15) is 0 Å². The highest BCUT2D eigenvalue weighted by Gasteiger charge is 2.34. The number of rotatable bonds is 6. The van der Waals surface area contributed by atoms with Crippen molar-refractivity contribution in [1.82, 2.24) is 4.57 Å². The smallest absolute Gasteiger partial charge is 0.0582 e. The number of allylic oxidation sites excluding steroid dienone is 1. The highest BCUT2D eigenvalue weighted by atomic mass is 15.2. The Hall–Kier alpha value is -5.54. The molecule has 0 spiro atoms. The second-order valence-corrected chi connectivity index (χ2v) is 12.0. The summed E-state index contributed by atoms with van der Waals surface area (Å²) in [4.78, 5) is 2.47. The predicted octanol–water partition coefficient (Wildman–Crippen LogP) is 11.0. The maximum absolute atomic E-state index is 3.73. The van der Waals surface area contributed by atoms with Gasteiger partial charge in [0.15, 0.2) is 0 Å². The molecule has 44 heavy (non-hydrogen) atoms. The Morgan fingerprint density at radius 1 is 0.591 bits per heavy atom. The molecule has 0 bridgehead atoms. The van der Waals surface area contributed by atoms with Gasteiger partial charge in [-0.15, -0.1) is 0 Å². The summed E-state index contributed by atoms with van der Waals surface area (Å²) in [5.74, 6) is 0. The van der Waals surface area contributed by atoms with E-state index >= 15 is 0 Å². The van der Waals surface area contributed by atoms with Crippen molar-refractivity contribution in [1.29, 1.82) is 0 Å². The molecule has 1 aliphatic rings. The molecule has 1 aliphatic carbocycles. The molecule has 6 aromatic carbocycles. The first-order valence-corrected chi connectivity index (χ1v) is 15.2. The van der Waals surface area contributed by atoms with Gasteiger partial charge in [0.1, 0.15) is 0 Å². The normalized spacial score (nSPS) is 13.5. The van der Waals surface area contributed by atoms with Gasteiger partial charge in [-0.1, -0.05) is 111 Å². The van der Waals surface area contributed by atoms with Crippen LogP contribution < -0.4 is 10.2 Å². The number of anilines is 4. The van der Waals surface area contributed by atoms with E-state index in [0.717, 1.165) is 34.0 Å². The van der Waals surface area contributed by atoms with Crippen molar-refractivity contribution in [3.63, 3.8) is 0 Å². The molecule has 0 saturated carbocycles. The van der Waals surface area contributed by atoms with Crippen molar-refractivity contribution in [3.8, 4) is 5.69 Å². The van der Waals surface area contributed by atoms with Gasteiger partial charge in [-0.25, -0.2) is 0 Å². The summed E-state index contributed by atoms with van der Waals surface area (Å²) in [6.45, 7) is 4.62. The van der Waals surface area contributed by atoms with Crippen molar-refractivity contribution < 1.29 is 0 Å². The van der Waals surface area contributed by atoms with Crippen molar-refractivity contribution in [2.75, 3.05) is 10.2 Å². The second-order valence-electron chi connectivity index (χ2n) is 12.0. The maximum Gasteiger partial charge on any atom is 0.0582 e. The van der Waals surface area contributed by atoms with Crippen LogP contribution in [-0.4, -0.2) is 4.57 Å². The molecule has 3 heteroatoms. The van der Waals surface area contributed by atoms with E-state index in [9.17, 15) is 0 Å². The fourth-order valence-electron chi connectivity index (χ4n) is 6.80. The second kappa shape index (κ2) is 10.3. The Morgan fingerprint density at radius 3 is 2.00 bits per heavy atom. The van der Waals surface area contributed by atoms with E-state index in [1.54, 1.807) is 0 Å². The lowest BCUT2D eigenvalue weighted by Crippen LogP contribution is -2.15. The summed E-state index contributed by atoms with van der Waals surface area (Å²) in [6.07, 6.45) is 2.43. The Bertz CT molecular complexity index is 2160. The quantitative estimate of drug-likeness (QED) is 0.216. The van der Waals surface area contributed by atoms with Gasteiger partial charge in [0, 0.05) is 44.5 Å². The minimum Gasteiger partial charge on any atom is -0.355 e. The zero-order chi connectivity index (χ0) is 29.7. The zero-order valence-corrected chi connectivity index (χ0v) is 24.9. The molecule has 0 saturated heterocycles. The topological polar surface area (TPSA) is 20.2 Å². The molecule has 0 amide bonds. The van der Waals surface area contributed by atoms with E-state index in [0.29, 0.717) is 0 Å². The van der Waals surface area contributed by atoms with Crippen LogP contribution in [0.3, 0.4) is 0 Å². The highest BCUT2D eigenvalue weighted by molar-refractivity contribution is 6.18. The van der Waals surface area contributed by atoms with Crippen LogP contribution in [0.15, 0.2) is 158 Å². The van der Waals surface area contributed by atoms with E-state index in [-0.39, 0.29) is 5.41 Å². The van der Waals surface area contributed by atoms with E-state index in [1.165, 1.54) is 33.1 Å². The Morgan fingerprint density at radius 2 is 1.23 bits per heavy atom. The standard InChI is InChI=1S/C41H33N3/c1-41(2)28-39(33-22-12-14-24-35(33)41)44(32-20-10-5-11-21-32)38-27-30(42-29-16-6-3-7-17-29)26-37-40(38)34-23-13-15-25-36(34)43(37)31-18-8-4-9-19-31/h3-28,42H,1-2H3. The molecular weight excluding hydrogens is 534 g/mol. The summed E-state index contributed by atoms with van der Waals surface area (Å²) in [7, 11) is 0. The zero-order valence-electron chi connectivity index (χ0n) is 24.9. The van der Waals surface area contributed by atoms with Crippen LogP contribution >= 0.6 is 0 Å². The first kappa shape index (κ1) is 26.1. The fourth-order valence-corrected chi connectivity index (χ4v) is 6.80. The summed E-state index contributed by atoms with van der Waals surface area (Å²) < 4.78 is 2.40. The van der Waals surface area contributed by atoms with E-state index in [1.807, 2.05) is 0 Å². The molecule has 0 radical (unpaired) electrons. The van der Waals surface area contributed by atoms with Crippen LogP contribution in [0.2, 0.25) is 0 Å². The third kappa shape index (κ3) is 4.28. The van der Waals surface area contributed by atoms with Crippen LogP contribution in [-0.2, 0) is 5.41 Å². The molecule has 0 unspecified atom stereocenters. The molecule has 0 fully saturated rings. The average Bonchev–Trinajstić information content (AvgIpc) is 3.53. The van der Waals surface area contributed by atoms with Crippen LogP contribution in [0.25, 0.3) is 33.2 Å². The highest BCUT2D eigenvalue weighted by Crippen LogP contribution is 2.49. The number of hydrogen-bond donors (Lipinski definition) is 1. The van der Waals surface area contributed by atoms with Gasteiger partial charge < -0.3 is 14.8 Å². The van der Waals surface area contributed by atoms with Gasteiger partial charge in [-0.05, 0) is 66.2 Å². The molecule has 1 heterocycles. The Balaban J connectivity index is 1.49. The molecule has 1 N–H and O–H groups in total. The largest absolute Gasteiger partial charge is 0.355 e. The molecule has 0 aliphatic heterocycles. The van der Waals surface area contributed by atoms with Gasteiger partial charge in [0.2, 0.25) is 0 Å². The Kier molecular flexibility index (Phi) is 6.13. The third-order valence-corrected chi connectivity index (χ3v) is 8.72. The summed E-state index contributed by atoms with van der Waals surface area (Å²) in [5, 5.41) is 6.17. The number of benzene rings is 6. The Labute approximate surface area is 258 Å². The minimum atomic E-state index is -0.101. The molecule has 212 valence electrons. The van der Waals surface area contributed by atoms with Gasteiger partial charge in [0.05, 0.1) is 22.4 Å². The predicted molar refractivity (Wildman–Crippen MR) is 187 cm³/mol. The number of aromatic nitrogens is 1. The van der Waals surface area contributed by atoms with E-state index in [2.05, 4.69) is 186 Å². The molecule has 3 nitrogen and oxygen atoms in total. The van der Waals surface area contributed by atoms with Gasteiger partial charge in [-0.3, -0.25) is 0 Å². The SMILES string of the molecule is CC1(C)C=C(N(c2ccccc2)c2cc(Nc3ccccc3)cc3c2c2ccccc2n3-c2ccccc2)c2ccccc21. The summed E-state index contributed by atoms with van der Waals surface area (Å²) in [6, 6.07) is 54.1. The van der Waals surface area contributed by atoms with E-state index in [4.69, 9.17) is 0 Å². The summed E-state index contributed by atoms with van der Waals surface area (Å²) >= 11 is 0. The molecule has 0 atom stereocenters. The van der Waals surface area contributed by atoms with Crippen molar-refractivity contribution >= 4 is 50.3 Å². The first-order valence-electron chi connectivity index (χ1n) is 15.2. The maximum atomic E-state index is 3.73. The fraction of sp³-hybridized carbons (Fsp3) is 0.0732.